The molecule has 186 valence electrons. The summed E-state index contributed by atoms with van der Waals surface area (Å²) in [4.78, 5) is 25.4. The summed E-state index contributed by atoms with van der Waals surface area (Å²) in [7, 11) is 1.60. The first-order chi connectivity index (χ1) is 17.5. The van der Waals surface area contributed by atoms with Gasteiger partial charge in [0.1, 0.15) is 30.3 Å². The van der Waals surface area contributed by atoms with Gasteiger partial charge in [-0.25, -0.2) is 5.01 Å². The maximum absolute atomic E-state index is 12.9. The molecule has 2 amide bonds. The largest absolute Gasteiger partial charge is 0.497 e. The Morgan fingerprint density at radius 1 is 0.917 bits per heavy atom. The van der Waals surface area contributed by atoms with E-state index < -0.39 is 11.8 Å². The van der Waals surface area contributed by atoms with Gasteiger partial charge in [0.15, 0.2) is 11.5 Å². The smallest absolute Gasteiger partial charge is 0.282 e. The second-order valence-electron chi connectivity index (χ2n) is 7.61. The molecule has 1 saturated heterocycles. The van der Waals surface area contributed by atoms with Crippen LogP contribution < -0.4 is 29.4 Å². The summed E-state index contributed by atoms with van der Waals surface area (Å²) in [6, 6.07) is 19.4. The highest BCUT2D eigenvalue weighted by Crippen LogP contribution is 2.37. The molecule has 1 fully saturated rings. The van der Waals surface area contributed by atoms with Gasteiger partial charge in [-0.2, -0.15) is 0 Å². The number of ether oxygens (including phenoxy) is 4. The molecule has 0 radical (unpaired) electrons. The van der Waals surface area contributed by atoms with E-state index in [1.807, 2.05) is 25.1 Å². The number of halogens is 1. The highest BCUT2D eigenvalue weighted by atomic mass is 35.5. The SMILES string of the molecule is CCOc1cc(C=C2C(=O)NN(c3ccccc3)C2=O)cc(Cl)c1OCCOc1ccc(OC)cc1. The topological polar surface area (TPSA) is 86.3 Å². The number of nitrogens with zero attached hydrogens (tertiary/aromatic N) is 1. The average molecular weight is 509 g/mol. The molecule has 4 rings (SSSR count). The van der Waals surface area contributed by atoms with Crippen LogP contribution in [0.2, 0.25) is 5.02 Å². The summed E-state index contributed by atoms with van der Waals surface area (Å²) in [5.74, 6) is 1.21. The molecule has 0 atom stereocenters. The van der Waals surface area contributed by atoms with Crippen molar-refractivity contribution in [3.8, 4) is 23.0 Å². The number of hydrazine groups is 1. The zero-order valence-electron chi connectivity index (χ0n) is 19.8. The maximum atomic E-state index is 12.9. The van der Waals surface area contributed by atoms with Crippen LogP contribution in [0.4, 0.5) is 5.69 Å². The fourth-order valence-electron chi connectivity index (χ4n) is 3.53. The van der Waals surface area contributed by atoms with Crippen molar-refractivity contribution < 1.29 is 28.5 Å². The van der Waals surface area contributed by atoms with E-state index >= 15 is 0 Å². The molecule has 0 saturated carbocycles. The molecule has 8 nitrogen and oxygen atoms in total. The summed E-state index contributed by atoms with van der Waals surface area (Å²) in [6.45, 7) is 2.71. The van der Waals surface area contributed by atoms with E-state index in [2.05, 4.69) is 5.43 Å². The molecule has 3 aromatic rings. The molecule has 1 aliphatic rings. The molecule has 9 heteroatoms. The van der Waals surface area contributed by atoms with E-state index in [-0.39, 0.29) is 23.8 Å². The number of nitrogens with one attached hydrogen (secondary N) is 1. The molecule has 0 aromatic heterocycles. The van der Waals surface area contributed by atoms with Crippen LogP contribution in [-0.2, 0) is 9.59 Å². The number of hydrogen-bond acceptors (Lipinski definition) is 6. The van der Waals surface area contributed by atoms with Crippen molar-refractivity contribution in [3.05, 3.63) is 82.9 Å². The van der Waals surface area contributed by atoms with Gasteiger partial charge in [0, 0.05) is 0 Å². The number of hydrogen-bond donors (Lipinski definition) is 1. The van der Waals surface area contributed by atoms with Crippen LogP contribution in [0.1, 0.15) is 12.5 Å². The van der Waals surface area contributed by atoms with Gasteiger partial charge < -0.3 is 18.9 Å². The second kappa shape index (κ2) is 11.5. The van der Waals surface area contributed by atoms with Crippen molar-refractivity contribution in [2.75, 3.05) is 31.9 Å². The molecule has 0 spiro atoms. The summed E-state index contributed by atoms with van der Waals surface area (Å²) >= 11 is 6.50. The second-order valence-corrected chi connectivity index (χ2v) is 8.02. The lowest BCUT2D eigenvalue weighted by Crippen LogP contribution is -2.35. The Balaban J connectivity index is 1.47. The lowest BCUT2D eigenvalue weighted by atomic mass is 10.1. The molecule has 0 unspecified atom stereocenters. The number of rotatable bonds is 10. The summed E-state index contributed by atoms with van der Waals surface area (Å²) in [5.41, 5.74) is 3.65. The number of amides is 2. The van der Waals surface area contributed by atoms with Crippen LogP contribution in [0, 0.1) is 0 Å². The van der Waals surface area contributed by atoms with E-state index in [9.17, 15) is 9.59 Å². The number of methoxy groups -OCH3 is 1. The van der Waals surface area contributed by atoms with E-state index in [0.29, 0.717) is 35.1 Å². The van der Waals surface area contributed by atoms with Crippen molar-refractivity contribution in [1.29, 1.82) is 0 Å². The molecule has 0 bridgehead atoms. The fourth-order valence-corrected chi connectivity index (χ4v) is 3.81. The molecule has 1 N–H and O–H groups in total. The van der Waals surface area contributed by atoms with Crippen molar-refractivity contribution in [2.24, 2.45) is 0 Å². The highest BCUT2D eigenvalue weighted by Gasteiger charge is 2.34. The van der Waals surface area contributed by atoms with Gasteiger partial charge in [0.25, 0.3) is 11.8 Å². The molecular formula is C27H25ClN2O6. The van der Waals surface area contributed by atoms with Gasteiger partial charge in [-0.05, 0) is 67.1 Å². The van der Waals surface area contributed by atoms with Gasteiger partial charge in [-0.3, -0.25) is 15.0 Å². The number of carbonyl (C=O) groups is 2. The van der Waals surface area contributed by atoms with E-state index in [1.165, 1.54) is 11.1 Å². The summed E-state index contributed by atoms with van der Waals surface area (Å²) in [5, 5.41) is 1.49. The first-order valence-electron chi connectivity index (χ1n) is 11.3. The third-order valence-corrected chi connectivity index (χ3v) is 5.49. The minimum atomic E-state index is -0.506. The lowest BCUT2D eigenvalue weighted by Gasteiger charge is -2.15. The molecular weight excluding hydrogens is 484 g/mol. The highest BCUT2D eigenvalue weighted by molar-refractivity contribution is 6.33. The Labute approximate surface area is 213 Å². The van der Waals surface area contributed by atoms with Gasteiger partial charge >= 0.3 is 0 Å². The van der Waals surface area contributed by atoms with Crippen molar-refractivity contribution in [3.63, 3.8) is 0 Å². The number of benzene rings is 3. The normalized spacial score (nSPS) is 14.1. The minimum absolute atomic E-state index is 0.0149. The Morgan fingerprint density at radius 3 is 2.31 bits per heavy atom. The monoisotopic (exact) mass is 508 g/mol. The lowest BCUT2D eigenvalue weighted by molar-refractivity contribution is -0.117. The Bertz CT molecular complexity index is 1260. The van der Waals surface area contributed by atoms with Gasteiger partial charge in [-0.15, -0.1) is 0 Å². The Hall–Kier alpha value is -4.17. The fraction of sp³-hybridized carbons (Fsp3) is 0.185. The predicted molar refractivity (Wildman–Crippen MR) is 137 cm³/mol. The van der Waals surface area contributed by atoms with Crippen molar-refractivity contribution in [2.45, 2.75) is 6.92 Å². The first-order valence-corrected chi connectivity index (χ1v) is 11.7. The van der Waals surface area contributed by atoms with Gasteiger partial charge in [0.2, 0.25) is 0 Å². The zero-order valence-corrected chi connectivity index (χ0v) is 20.6. The molecule has 36 heavy (non-hydrogen) atoms. The quantitative estimate of drug-likeness (QED) is 0.243. The zero-order chi connectivity index (χ0) is 25.5. The average Bonchev–Trinajstić information content (AvgIpc) is 3.17. The third kappa shape index (κ3) is 5.72. The van der Waals surface area contributed by atoms with Crippen LogP contribution in [0.5, 0.6) is 23.0 Å². The van der Waals surface area contributed by atoms with E-state index in [1.54, 1.807) is 55.6 Å². The number of para-hydroxylation sites is 1. The predicted octanol–water partition coefficient (Wildman–Crippen LogP) is 4.67. The van der Waals surface area contributed by atoms with Crippen molar-refractivity contribution in [1.82, 2.24) is 5.43 Å². The van der Waals surface area contributed by atoms with Crippen molar-refractivity contribution >= 4 is 35.2 Å². The van der Waals surface area contributed by atoms with E-state index in [4.69, 9.17) is 30.5 Å². The molecule has 1 heterocycles. The first kappa shape index (κ1) is 24.9. The molecule has 1 aliphatic heterocycles. The Morgan fingerprint density at radius 2 is 1.61 bits per heavy atom. The van der Waals surface area contributed by atoms with Crippen LogP contribution in [0.25, 0.3) is 6.08 Å². The number of carbonyl (C=O) groups excluding carboxylic acids is 2. The van der Waals surface area contributed by atoms with Crippen LogP contribution in [0.3, 0.4) is 0 Å². The van der Waals surface area contributed by atoms with E-state index in [0.717, 1.165) is 5.75 Å². The summed E-state index contributed by atoms with van der Waals surface area (Å²) in [6.07, 6.45) is 1.48. The van der Waals surface area contributed by atoms with Gasteiger partial charge in [0.05, 0.1) is 24.4 Å². The van der Waals surface area contributed by atoms with Crippen LogP contribution >= 0.6 is 11.6 Å². The Kier molecular flexibility index (Phi) is 7.97. The standard InChI is InChI=1S/C27H25ClN2O6/c1-3-34-24-17-18(15-22-26(31)29-30(27(22)32)19-7-5-4-6-8-19)16-23(28)25(24)36-14-13-35-21-11-9-20(33-2)10-12-21/h4-12,15-17H,3,13-14H2,1-2H3,(H,29,31). The molecule has 0 aliphatic carbocycles. The maximum Gasteiger partial charge on any atom is 0.282 e. The van der Waals surface area contributed by atoms with Crippen LogP contribution in [-0.4, -0.2) is 38.7 Å². The minimum Gasteiger partial charge on any atom is -0.497 e. The summed E-state index contributed by atoms with van der Waals surface area (Å²) < 4.78 is 22.4. The number of anilines is 1. The van der Waals surface area contributed by atoms with Crippen LogP contribution in [0.15, 0.2) is 72.3 Å². The molecule has 3 aromatic carbocycles. The third-order valence-electron chi connectivity index (χ3n) is 5.21. The van der Waals surface area contributed by atoms with Gasteiger partial charge in [-0.1, -0.05) is 29.8 Å².